The van der Waals surface area contributed by atoms with E-state index in [4.69, 9.17) is 5.84 Å². The van der Waals surface area contributed by atoms with Gasteiger partial charge in [-0.25, -0.2) is 8.42 Å². The molecular formula is C10H14N4O3S. The van der Waals surface area contributed by atoms with E-state index in [1.165, 1.54) is 17.2 Å². The topological polar surface area (TPSA) is 105 Å². The molecule has 0 unspecified atom stereocenters. The van der Waals surface area contributed by atoms with Gasteiger partial charge in [-0.05, 0) is 12.1 Å². The smallest absolute Gasteiger partial charge is 0.272 e. The van der Waals surface area contributed by atoms with Crippen LogP contribution in [0, 0.1) is 0 Å². The van der Waals surface area contributed by atoms with Crippen LogP contribution < -0.4 is 11.3 Å². The van der Waals surface area contributed by atoms with Crippen molar-refractivity contribution in [1.82, 2.24) is 9.88 Å². The molecule has 7 nitrogen and oxygen atoms in total. The maximum absolute atomic E-state index is 12.1. The van der Waals surface area contributed by atoms with Gasteiger partial charge in [0.15, 0.2) is 9.84 Å². The van der Waals surface area contributed by atoms with E-state index >= 15 is 0 Å². The van der Waals surface area contributed by atoms with E-state index < -0.39 is 9.84 Å². The molecule has 0 radical (unpaired) electrons. The molecule has 0 saturated carbocycles. The summed E-state index contributed by atoms with van der Waals surface area (Å²) in [6, 6.07) is 3.17. The molecule has 98 valence electrons. The molecule has 0 bridgehead atoms. The van der Waals surface area contributed by atoms with Gasteiger partial charge < -0.3 is 10.3 Å². The van der Waals surface area contributed by atoms with E-state index in [-0.39, 0.29) is 36.2 Å². The number of sulfone groups is 1. The third kappa shape index (κ3) is 2.77. The van der Waals surface area contributed by atoms with E-state index in [1.54, 1.807) is 6.07 Å². The number of hydrogen-bond donors (Lipinski definition) is 2. The molecule has 18 heavy (non-hydrogen) atoms. The predicted molar refractivity (Wildman–Crippen MR) is 66.6 cm³/mol. The molecule has 1 amide bonds. The van der Waals surface area contributed by atoms with Gasteiger partial charge in [0.25, 0.3) is 5.91 Å². The zero-order valence-electron chi connectivity index (χ0n) is 9.67. The van der Waals surface area contributed by atoms with Gasteiger partial charge in [-0.3, -0.25) is 15.6 Å². The first-order chi connectivity index (χ1) is 8.52. The van der Waals surface area contributed by atoms with E-state index in [9.17, 15) is 13.2 Å². The number of anilines is 1. The molecule has 2 rings (SSSR count). The molecule has 1 aliphatic rings. The van der Waals surface area contributed by atoms with Crippen LogP contribution in [0.25, 0.3) is 0 Å². The number of carbonyl (C=O) groups excluding carboxylic acids is 1. The molecule has 8 heteroatoms. The monoisotopic (exact) mass is 270 g/mol. The van der Waals surface area contributed by atoms with Gasteiger partial charge in [0, 0.05) is 19.3 Å². The van der Waals surface area contributed by atoms with Crippen molar-refractivity contribution < 1.29 is 13.2 Å². The summed E-state index contributed by atoms with van der Waals surface area (Å²) in [4.78, 5) is 17.5. The number of pyridine rings is 1. The van der Waals surface area contributed by atoms with Crippen LogP contribution in [-0.2, 0) is 9.84 Å². The maximum Gasteiger partial charge on any atom is 0.272 e. The van der Waals surface area contributed by atoms with Crippen LogP contribution in [0.15, 0.2) is 18.3 Å². The lowest BCUT2D eigenvalue weighted by Crippen LogP contribution is -2.44. The SMILES string of the molecule is NNc1ccnc(C(=O)N2CCS(=O)(=O)CC2)c1. The Morgan fingerprint density at radius 1 is 1.39 bits per heavy atom. The Morgan fingerprint density at radius 3 is 2.67 bits per heavy atom. The molecule has 0 atom stereocenters. The number of nitrogens with two attached hydrogens (primary N) is 1. The Hall–Kier alpha value is -1.67. The number of amides is 1. The van der Waals surface area contributed by atoms with Gasteiger partial charge in [0.05, 0.1) is 17.2 Å². The quantitative estimate of drug-likeness (QED) is 0.540. The van der Waals surface area contributed by atoms with Crippen LogP contribution >= 0.6 is 0 Å². The first-order valence-electron chi connectivity index (χ1n) is 5.44. The van der Waals surface area contributed by atoms with Crippen LogP contribution in [-0.4, -0.2) is 48.8 Å². The predicted octanol–water partition coefficient (Wildman–Crippen LogP) is -0.762. The van der Waals surface area contributed by atoms with Crippen molar-refractivity contribution >= 4 is 21.4 Å². The van der Waals surface area contributed by atoms with Crippen LogP contribution in [0.3, 0.4) is 0 Å². The number of nitrogens with one attached hydrogen (secondary N) is 1. The fraction of sp³-hybridized carbons (Fsp3) is 0.400. The Kier molecular flexibility index (Phi) is 3.48. The summed E-state index contributed by atoms with van der Waals surface area (Å²) >= 11 is 0. The average molecular weight is 270 g/mol. The first-order valence-corrected chi connectivity index (χ1v) is 7.26. The van der Waals surface area contributed by atoms with Gasteiger partial charge in [0.2, 0.25) is 0 Å². The van der Waals surface area contributed by atoms with Crippen LogP contribution in [0.5, 0.6) is 0 Å². The zero-order chi connectivity index (χ0) is 13.2. The lowest BCUT2D eigenvalue weighted by Gasteiger charge is -2.26. The number of nitrogens with zero attached hydrogens (tertiary/aromatic N) is 2. The number of nitrogen functional groups attached to an aromatic ring is 1. The molecule has 1 aliphatic heterocycles. The Labute approximate surface area is 105 Å². The highest BCUT2D eigenvalue weighted by Crippen LogP contribution is 2.11. The summed E-state index contributed by atoms with van der Waals surface area (Å²) in [6.07, 6.45) is 1.48. The molecule has 3 N–H and O–H groups in total. The van der Waals surface area contributed by atoms with E-state index in [2.05, 4.69) is 10.4 Å². The van der Waals surface area contributed by atoms with Crippen molar-refractivity contribution in [2.24, 2.45) is 5.84 Å². The van der Waals surface area contributed by atoms with Crippen molar-refractivity contribution in [2.75, 3.05) is 30.0 Å². The van der Waals surface area contributed by atoms with Crippen molar-refractivity contribution in [3.8, 4) is 0 Å². The van der Waals surface area contributed by atoms with Crippen molar-refractivity contribution in [2.45, 2.75) is 0 Å². The molecule has 0 aliphatic carbocycles. The minimum Gasteiger partial charge on any atom is -0.335 e. The molecule has 1 aromatic rings. The molecular weight excluding hydrogens is 256 g/mol. The third-order valence-corrected chi connectivity index (χ3v) is 4.39. The molecule has 1 aromatic heterocycles. The number of rotatable bonds is 2. The average Bonchev–Trinajstić information content (AvgIpc) is 2.38. The van der Waals surface area contributed by atoms with Crippen LogP contribution in [0.1, 0.15) is 10.5 Å². The normalized spacial score (nSPS) is 18.4. The largest absolute Gasteiger partial charge is 0.335 e. The molecule has 1 saturated heterocycles. The second-order valence-electron chi connectivity index (χ2n) is 4.02. The third-order valence-electron chi connectivity index (χ3n) is 2.78. The standard InChI is InChI=1S/C10H14N4O3S/c11-13-8-1-2-12-9(7-8)10(15)14-3-5-18(16,17)6-4-14/h1-2,7H,3-6,11H2,(H,12,13). The lowest BCUT2D eigenvalue weighted by atomic mass is 10.3. The Bertz CT molecular complexity index is 544. The van der Waals surface area contributed by atoms with Gasteiger partial charge in [-0.15, -0.1) is 0 Å². The summed E-state index contributed by atoms with van der Waals surface area (Å²) in [5.41, 5.74) is 3.27. The Balaban J connectivity index is 2.12. The molecule has 0 aromatic carbocycles. The minimum absolute atomic E-state index is 0.00751. The van der Waals surface area contributed by atoms with Gasteiger partial charge in [-0.2, -0.15) is 0 Å². The highest BCUT2D eigenvalue weighted by molar-refractivity contribution is 7.91. The molecule has 0 spiro atoms. The minimum atomic E-state index is -2.99. The summed E-state index contributed by atoms with van der Waals surface area (Å²) in [5.74, 6) is 4.99. The van der Waals surface area contributed by atoms with Gasteiger partial charge >= 0.3 is 0 Å². The highest BCUT2D eigenvalue weighted by Gasteiger charge is 2.26. The highest BCUT2D eigenvalue weighted by atomic mass is 32.2. The lowest BCUT2D eigenvalue weighted by molar-refractivity contribution is 0.0764. The fourth-order valence-electron chi connectivity index (χ4n) is 1.71. The summed E-state index contributed by atoms with van der Waals surface area (Å²) < 4.78 is 22.6. The number of hydrogen-bond acceptors (Lipinski definition) is 6. The summed E-state index contributed by atoms with van der Waals surface area (Å²) in [7, 11) is -2.99. The van der Waals surface area contributed by atoms with Crippen LogP contribution in [0.4, 0.5) is 5.69 Å². The Morgan fingerprint density at radius 2 is 2.06 bits per heavy atom. The summed E-state index contributed by atoms with van der Waals surface area (Å²) in [5, 5.41) is 0. The summed E-state index contributed by atoms with van der Waals surface area (Å²) in [6.45, 7) is 0.423. The number of hydrazine groups is 1. The van der Waals surface area contributed by atoms with Crippen molar-refractivity contribution in [3.05, 3.63) is 24.0 Å². The molecule has 1 fully saturated rings. The first kappa shape index (κ1) is 12.8. The fourth-order valence-corrected chi connectivity index (χ4v) is 2.92. The van der Waals surface area contributed by atoms with E-state index in [1.807, 2.05) is 0 Å². The van der Waals surface area contributed by atoms with Crippen molar-refractivity contribution in [1.29, 1.82) is 0 Å². The van der Waals surface area contributed by atoms with Gasteiger partial charge in [0.1, 0.15) is 5.69 Å². The van der Waals surface area contributed by atoms with E-state index in [0.29, 0.717) is 5.69 Å². The second kappa shape index (κ2) is 4.91. The molecule has 2 heterocycles. The maximum atomic E-state index is 12.1. The number of carbonyl (C=O) groups is 1. The second-order valence-corrected chi connectivity index (χ2v) is 6.32. The number of aromatic nitrogens is 1. The van der Waals surface area contributed by atoms with E-state index in [0.717, 1.165) is 0 Å². The van der Waals surface area contributed by atoms with Crippen LogP contribution in [0.2, 0.25) is 0 Å². The zero-order valence-corrected chi connectivity index (χ0v) is 10.5. The van der Waals surface area contributed by atoms with Gasteiger partial charge in [-0.1, -0.05) is 0 Å². The van der Waals surface area contributed by atoms with Crippen molar-refractivity contribution in [3.63, 3.8) is 0 Å².